The Labute approximate surface area is 102 Å². The van der Waals surface area contributed by atoms with Crippen LogP contribution in [0.1, 0.15) is 13.3 Å². The number of hydrogen-bond donors (Lipinski definition) is 1. The van der Waals surface area contributed by atoms with Crippen LogP contribution in [0.4, 0.5) is 10.2 Å². The highest BCUT2D eigenvalue weighted by Gasteiger charge is 2.04. The zero-order chi connectivity index (χ0) is 11.3. The van der Waals surface area contributed by atoms with E-state index in [4.69, 9.17) is 0 Å². The van der Waals surface area contributed by atoms with Crippen LogP contribution in [0.5, 0.6) is 0 Å². The summed E-state index contributed by atoms with van der Waals surface area (Å²) in [6.07, 6.45) is 4.66. The number of anilines is 1. The minimum Gasteiger partial charge on any atom is -0.368 e. The molecule has 2 nitrogen and oxygen atoms in total. The molecule has 15 heavy (non-hydrogen) atoms. The van der Waals surface area contributed by atoms with Gasteiger partial charge in [-0.2, -0.15) is 11.8 Å². The molecular formula is C10H14BrFN2S. The second-order valence-electron chi connectivity index (χ2n) is 3.25. The summed E-state index contributed by atoms with van der Waals surface area (Å²) in [5.41, 5.74) is 0. The largest absolute Gasteiger partial charge is 0.368 e. The van der Waals surface area contributed by atoms with Gasteiger partial charge < -0.3 is 5.32 Å². The molecule has 84 valence electrons. The van der Waals surface area contributed by atoms with Crippen molar-refractivity contribution in [1.82, 2.24) is 4.98 Å². The summed E-state index contributed by atoms with van der Waals surface area (Å²) in [5.74, 6) is 0.00711. The van der Waals surface area contributed by atoms with Crippen LogP contribution in [0.25, 0.3) is 0 Å². The number of nitrogens with zero attached hydrogens (tertiary/aromatic N) is 1. The fourth-order valence-electron chi connectivity index (χ4n) is 1.06. The maximum Gasteiger partial charge on any atom is 0.166 e. The van der Waals surface area contributed by atoms with E-state index in [1.54, 1.807) is 18.0 Å². The number of thioether (sulfide) groups is 1. The minimum absolute atomic E-state index is 0.318. The third-order valence-corrected chi connectivity index (χ3v) is 3.53. The van der Waals surface area contributed by atoms with Gasteiger partial charge in [-0.3, -0.25) is 0 Å². The van der Waals surface area contributed by atoms with Crippen molar-refractivity contribution in [3.05, 3.63) is 22.6 Å². The van der Waals surface area contributed by atoms with E-state index in [0.717, 1.165) is 13.0 Å². The predicted molar refractivity (Wildman–Crippen MR) is 68.0 cm³/mol. The molecule has 1 aromatic rings. The summed E-state index contributed by atoms with van der Waals surface area (Å²) in [5, 5.41) is 3.56. The van der Waals surface area contributed by atoms with Crippen molar-refractivity contribution in [1.29, 1.82) is 0 Å². The normalized spacial score (nSPS) is 12.5. The van der Waals surface area contributed by atoms with Crippen LogP contribution in [-0.2, 0) is 0 Å². The Bertz CT molecular complexity index is 322. The fourth-order valence-corrected chi connectivity index (χ4v) is 1.71. The number of aromatic nitrogens is 1. The zero-order valence-electron chi connectivity index (χ0n) is 8.76. The molecule has 0 fully saturated rings. The fraction of sp³-hybridized carbons (Fsp3) is 0.500. The van der Waals surface area contributed by atoms with Crippen LogP contribution < -0.4 is 5.32 Å². The highest BCUT2D eigenvalue weighted by atomic mass is 79.9. The van der Waals surface area contributed by atoms with Crippen LogP contribution in [-0.4, -0.2) is 23.0 Å². The van der Waals surface area contributed by atoms with Gasteiger partial charge in [-0.05, 0) is 34.7 Å². The Balaban J connectivity index is 2.44. The summed E-state index contributed by atoms with van der Waals surface area (Å²) in [6, 6.07) is 1.41. The molecule has 0 saturated carbocycles. The van der Waals surface area contributed by atoms with Gasteiger partial charge in [-0.1, -0.05) is 6.92 Å². The third-order valence-electron chi connectivity index (χ3n) is 2.05. The van der Waals surface area contributed by atoms with Gasteiger partial charge >= 0.3 is 0 Å². The van der Waals surface area contributed by atoms with Crippen LogP contribution in [0.15, 0.2) is 16.7 Å². The van der Waals surface area contributed by atoms with Gasteiger partial charge in [0, 0.05) is 22.5 Å². The summed E-state index contributed by atoms with van der Waals surface area (Å²) < 4.78 is 14.0. The van der Waals surface area contributed by atoms with Crippen LogP contribution >= 0.6 is 27.7 Å². The van der Waals surface area contributed by atoms with E-state index in [1.165, 1.54) is 6.07 Å². The summed E-state index contributed by atoms with van der Waals surface area (Å²) in [4.78, 5) is 3.96. The van der Waals surface area contributed by atoms with Crippen molar-refractivity contribution in [3.8, 4) is 0 Å². The standard InChI is InChI=1S/C10H14BrFN2S/c1-7(15-2)3-4-13-10-9(12)5-8(11)6-14-10/h5-7H,3-4H2,1-2H3,(H,13,14). The predicted octanol–water partition coefficient (Wildman–Crippen LogP) is 3.54. The van der Waals surface area contributed by atoms with Crippen molar-refractivity contribution >= 4 is 33.5 Å². The first-order valence-corrected chi connectivity index (χ1v) is 6.79. The lowest BCUT2D eigenvalue weighted by Gasteiger charge is -2.10. The summed E-state index contributed by atoms with van der Waals surface area (Å²) in [6.45, 7) is 2.89. The van der Waals surface area contributed by atoms with Gasteiger partial charge in [0.05, 0.1) is 0 Å². The van der Waals surface area contributed by atoms with Gasteiger partial charge in [0.2, 0.25) is 0 Å². The first-order valence-electron chi connectivity index (χ1n) is 4.71. The molecule has 0 spiro atoms. The number of halogens is 2. The molecule has 1 rings (SSSR count). The maximum absolute atomic E-state index is 13.3. The number of pyridine rings is 1. The molecule has 0 aromatic carbocycles. The third kappa shape index (κ3) is 4.38. The molecule has 0 amide bonds. The SMILES string of the molecule is CSC(C)CCNc1ncc(Br)cc1F. The molecule has 5 heteroatoms. The van der Waals surface area contributed by atoms with Crippen molar-refractivity contribution in [2.45, 2.75) is 18.6 Å². The van der Waals surface area contributed by atoms with Gasteiger partial charge in [0.25, 0.3) is 0 Å². The molecule has 1 aromatic heterocycles. The smallest absolute Gasteiger partial charge is 0.166 e. The number of rotatable bonds is 5. The Hall–Kier alpha value is -0.290. The van der Waals surface area contributed by atoms with Gasteiger partial charge in [0.1, 0.15) is 0 Å². The molecule has 1 N–H and O–H groups in total. The summed E-state index contributed by atoms with van der Waals surface area (Å²) >= 11 is 4.97. The first kappa shape index (κ1) is 12.8. The average molecular weight is 293 g/mol. The van der Waals surface area contributed by atoms with E-state index in [2.05, 4.69) is 39.4 Å². The molecule has 0 aliphatic carbocycles. The van der Waals surface area contributed by atoms with E-state index in [9.17, 15) is 4.39 Å². The molecule has 0 aliphatic heterocycles. The second kappa shape index (κ2) is 6.33. The molecule has 0 aliphatic rings. The minimum atomic E-state index is -0.318. The molecule has 0 radical (unpaired) electrons. The van der Waals surface area contributed by atoms with Crippen molar-refractivity contribution in [3.63, 3.8) is 0 Å². The zero-order valence-corrected chi connectivity index (χ0v) is 11.2. The molecular weight excluding hydrogens is 279 g/mol. The Morgan fingerprint density at radius 2 is 2.40 bits per heavy atom. The van der Waals surface area contributed by atoms with E-state index in [1.807, 2.05) is 0 Å². The molecule has 1 unspecified atom stereocenters. The van der Waals surface area contributed by atoms with Crippen molar-refractivity contribution < 1.29 is 4.39 Å². The van der Waals surface area contributed by atoms with Crippen LogP contribution in [0.2, 0.25) is 0 Å². The van der Waals surface area contributed by atoms with Crippen molar-refractivity contribution in [2.75, 3.05) is 18.1 Å². The first-order chi connectivity index (χ1) is 7.13. The lowest BCUT2D eigenvalue weighted by atomic mass is 10.3. The lowest BCUT2D eigenvalue weighted by Crippen LogP contribution is -2.09. The molecule has 0 bridgehead atoms. The maximum atomic E-state index is 13.3. The molecule has 0 saturated heterocycles. The quantitative estimate of drug-likeness (QED) is 0.899. The van der Waals surface area contributed by atoms with Crippen molar-refractivity contribution in [2.24, 2.45) is 0 Å². The van der Waals surface area contributed by atoms with E-state index in [0.29, 0.717) is 15.5 Å². The van der Waals surface area contributed by atoms with Gasteiger partial charge in [-0.15, -0.1) is 0 Å². The summed E-state index contributed by atoms with van der Waals surface area (Å²) in [7, 11) is 0. The lowest BCUT2D eigenvalue weighted by molar-refractivity contribution is 0.622. The molecule has 1 atom stereocenters. The van der Waals surface area contributed by atoms with Gasteiger partial charge in [0.15, 0.2) is 11.6 Å². The van der Waals surface area contributed by atoms with Crippen LogP contribution in [0.3, 0.4) is 0 Å². The second-order valence-corrected chi connectivity index (χ2v) is 5.44. The van der Waals surface area contributed by atoms with Crippen LogP contribution in [0, 0.1) is 5.82 Å². The Morgan fingerprint density at radius 1 is 1.67 bits per heavy atom. The van der Waals surface area contributed by atoms with E-state index >= 15 is 0 Å². The Kier molecular flexibility index (Phi) is 5.39. The topological polar surface area (TPSA) is 24.9 Å². The van der Waals surface area contributed by atoms with Gasteiger partial charge in [-0.25, -0.2) is 9.37 Å². The number of hydrogen-bond acceptors (Lipinski definition) is 3. The van der Waals surface area contributed by atoms with E-state index < -0.39 is 0 Å². The monoisotopic (exact) mass is 292 g/mol. The average Bonchev–Trinajstić information content (AvgIpc) is 2.21. The highest BCUT2D eigenvalue weighted by molar-refractivity contribution is 9.10. The Morgan fingerprint density at radius 3 is 3.00 bits per heavy atom. The van der Waals surface area contributed by atoms with E-state index in [-0.39, 0.29) is 5.82 Å². The number of nitrogens with one attached hydrogen (secondary N) is 1. The molecule has 1 heterocycles. The highest BCUT2D eigenvalue weighted by Crippen LogP contribution is 2.16.